The lowest BCUT2D eigenvalue weighted by Crippen LogP contribution is -1.95. The molecule has 0 fully saturated rings. The molecule has 0 radical (unpaired) electrons. The zero-order chi connectivity index (χ0) is 18.1. The van der Waals surface area contributed by atoms with E-state index in [0.717, 1.165) is 36.3 Å². The molecule has 5 rings (SSSR count). The first-order valence-corrected chi connectivity index (χ1v) is 9.59. The smallest absolute Gasteiger partial charge is 0.206 e. The van der Waals surface area contributed by atoms with Gasteiger partial charge in [0.15, 0.2) is 0 Å². The third-order valence-electron chi connectivity index (χ3n) is 5.36. The molecule has 0 atom stereocenters. The molecule has 0 amide bonds. The van der Waals surface area contributed by atoms with Gasteiger partial charge in [-0.15, -0.1) is 0 Å². The molecule has 0 aliphatic heterocycles. The van der Waals surface area contributed by atoms with Crippen LogP contribution < -0.4 is 0 Å². The van der Waals surface area contributed by atoms with Crippen molar-refractivity contribution in [1.82, 2.24) is 0 Å². The van der Waals surface area contributed by atoms with Crippen LogP contribution in [-0.4, -0.2) is 0 Å². The van der Waals surface area contributed by atoms with E-state index >= 15 is 0 Å². The molecule has 1 aromatic heterocycles. The van der Waals surface area contributed by atoms with Crippen LogP contribution in [0.25, 0.3) is 33.8 Å². The number of hydrogen-bond acceptors (Lipinski definition) is 0. The summed E-state index contributed by atoms with van der Waals surface area (Å²) in [5, 5.41) is 0. The van der Waals surface area contributed by atoms with Crippen molar-refractivity contribution >= 4 is 0 Å². The van der Waals surface area contributed by atoms with E-state index in [-0.39, 0.29) is 0 Å². The molecule has 1 heterocycles. The van der Waals surface area contributed by atoms with E-state index in [2.05, 4.69) is 84.9 Å². The van der Waals surface area contributed by atoms with E-state index in [1.165, 1.54) is 27.8 Å². The Labute approximate surface area is 159 Å². The quantitative estimate of drug-likeness (QED) is 0.353. The second-order valence-electron chi connectivity index (χ2n) is 7.07. The average molecular weight is 349 g/mol. The molecule has 0 N–H and O–H groups in total. The largest absolute Gasteiger partial charge is 0.364 e. The van der Waals surface area contributed by atoms with Crippen molar-refractivity contribution in [2.75, 3.05) is 0 Å². The van der Waals surface area contributed by atoms with Crippen LogP contribution in [0, 0.1) is 0 Å². The van der Waals surface area contributed by atoms with Crippen molar-refractivity contribution in [2.45, 2.75) is 19.3 Å². The van der Waals surface area contributed by atoms with Gasteiger partial charge in [-0.25, -0.2) is 4.42 Å². The third kappa shape index (κ3) is 2.96. The highest BCUT2D eigenvalue weighted by Crippen LogP contribution is 2.41. The molecule has 4 aromatic rings. The van der Waals surface area contributed by atoms with Crippen molar-refractivity contribution < 1.29 is 4.42 Å². The minimum atomic E-state index is 0.921. The lowest BCUT2D eigenvalue weighted by molar-refractivity contribution is 0.575. The maximum absolute atomic E-state index is 6.55. The predicted octanol–water partition coefficient (Wildman–Crippen LogP) is 7.05. The molecular weight excluding hydrogens is 328 g/mol. The topological polar surface area (TPSA) is 11.3 Å². The van der Waals surface area contributed by atoms with Gasteiger partial charge in [0.25, 0.3) is 0 Å². The summed E-state index contributed by atoms with van der Waals surface area (Å²) in [5.41, 5.74) is 7.59. The second-order valence-corrected chi connectivity index (χ2v) is 7.07. The molecule has 1 aliphatic rings. The normalized spacial score (nSPS) is 12.7. The highest BCUT2D eigenvalue weighted by Gasteiger charge is 2.30. The van der Waals surface area contributed by atoms with Crippen molar-refractivity contribution in [3.8, 4) is 33.8 Å². The Morgan fingerprint density at radius 2 is 1.26 bits per heavy atom. The van der Waals surface area contributed by atoms with E-state index in [1.807, 2.05) is 6.07 Å². The summed E-state index contributed by atoms with van der Waals surface area (Å²) in [6, 6.07) is 32.0. The Balaban J connectivity index is 1.82. The fraction of sp³-hybridized carbons (Fsp3) is 0.115. The molecule has 0 unspecified atom stereocenters. The summed E-state index contributed by atoms with van der Waals surface area (Å²) in [5.74, 6) is 1.95. The van der Waals surface area contributed by atoms with Crippen molar-refractivity contribution in [3.05, 3.63) is 102 Å². The molecule has 0 bridgehead atoms. The summed E-state index contributed by atoms with van der Waals surface area (Å²) in [6.45, 7) is 0. The Bertz CT molecular complexity index is 1080. The summed E-state index contributed by atoms with van der Waals surface area (Å²) in [7, 11) is 0. The molecule has 1 aliphatic carbocycles. The molecule has 130 valence electrons. The molecule has 27 heavy (non-hydrogen) atoms. The van der Waals surface area contributed by atoms with Crippen molar-refractivity contribution in [3.63, 3.8) is 0 Å². The monoisotopic (exact) mass is 349 g/mol. The molecule has 0 saturated heterocycles. The van der Waals surface area contributed by atoms with Gasteiger partial charge in [-0.2, -0.15) is 0 Å². The lowest BCUT2D eigenvalue weighted by atomic mass is 9.94. The zero-order valence-electron chi connectivity index (χ0n) is 15.2. The fourth-order valence-corrected chi connectivity index (χ4v) is 4.04. The highest BCUT2D eigenvalue weighted by atomic mass is 16.3. The molecular formula is C26H21O+. The standard InChI is InChI=1S/C26H21O/c1-3-10-20(11-4-1)24-18-25(21-13-5-2-6-14-21)27-26-22-16-8-7-12-19(22)15-9-17-23(24)26/h1-8,10-14,16,18H,9,15,17H2/q+1. The first-order chi connectivity index (χ1) is 13.4. The van der Waals surface area contributed by atoms with Gasteiger partial charge in [-0.3, -0.25) is 0 Å². The van der Waals surface area contributed by atoms with Gasteiger partial charge < -0.3 is 0 Å². The Morgan fingerprint density at radius 3 is 2.04 bits per heavy atom. The minimum absolute atomic E-state index is 0.921. The van der Waals surface area contributed by atoms with Gasteiger partial charge in [0.1, 0.15) is 0 Å². The van der Waals surface area contributed by atoms with E-state index in [9.17, 15) is 0 Å². The number of aryl methyl sites for hydroxylation is 1. The summed E-state index contributed by atoms with van der Waals surface area (Å²) < 4.78 is 6.55. The average Bonchev–Trinajstić information content (AvgIpc) is 2.94. The number of rotatable bonds is 2. The Morgan fingerprint density at radius 1 is 0.593 bits per heavy atom. The Kier molecular flexibility index (Phi) is 4.06. The van der Waals surface area contributed by atoms with Gasteiger partial charge in [-0.05, 0) is 48.6 Å². The van der Waals surface area contributed by atoms with Crippen LogP contribution >= 0.6 is 0 Å². The number of benzene rings is 3. The maximum atomic E-state index is 6.55. The molecule has 3 aromatic carbocycles. The summed E-state index contributed by atoms with van der Waals surface area (Å²) >= 11 is 0. The van der Waals surface area contributed by atoms with E-state index in [1.54, 1.807) is 0 Å². The van der Waals surface area contributed by atoms with Crippen LogP contribution in [0.2, 0.25) is 0 Å². The van der Waals surface area contributed by atoms with E-state index in [0.29, 0.717) is 0 Å². The Hall–Kier alpha value is -3.19. The van der Waals surface area contributed by atoms with Crippen LogP contribution in [-0.2, 0) is 12.8 Å². The van der Waals surface area contributed by atoms with Crippen LogP contribution in [0.15, 0.2) is 95.4 Å². The molecule has 0 spiro atoms. The maximum Gasteiger partial charge on any atom is 0.364 e. The second kappa shape index (κ2) is 6.85. The van der Waals surface area contributed by atoms with Gasteiger partial charge in [0.05, 0.1) is 22.8 Å². The first-order valence-electron chi connectivity index (χ1n) is 9.59. The number of hydrogen-bond donors (Lipinski definition) is 0. The van der Waals surface area contributed by atoms with Crippen LogP contribution in [0.4, 0.5) is 0 Å². The highest BCUT2D eigenvalue weighted by molar-refractivity contribution is 5.80. The van der Waals surface area contributed by atoms with Gasteiger partial charge in [0, 0.05) is 5.56 Å². The summed E-state index contributed by atoms with van der Waals surface area (Å²) in [6.07, 6.45) is 3.27. The fourth-order valence-electron chi connectivity index (χ4n) is 4.04. The number of fused-ring (bicyclic) bond motifs is 3. The summed E-state index contributed by atoms with van der Waals surface area (Å²) in [4.78, 5) is 0. The van der Waals surface area contributed by atoms with E-state index < -0.39 is 0 Å². The predicted molar refractivity (Wildman–Crippen MR) is 111 cm³/mol. The van der Waals surface area contributed by atoms with Gasteiger partial charge in [0.2, 0.25) is 0 Å². The lowest BCUT2D eigenvalue weighted by Gasteiger charge is -2.08. The molecule has 0 saturated carbocycles. The first kappa shape index (κ1) is 16.0. The zero-order valence-corrected chi connectivity index (χ0v) is 15.2. The van der Waals surface area contributed by atoms with Crippen LogP contribution in [0.1, 0.15) is 17.5 Å². The molecule has 1 heteroatoms. The van der Waals surface area contributed by atoms with E-state index in [4.69, 9.17) is 4.42 Å². The van der Waals surface area contributed by atoms with Crippen molar-refractivity contribution in [2.24, 2.45) is 0 Å². The van der Waals surface area contributed by atoms with Crippen LogP contribution in [0.3, 0.4) is 0 Å². The third-order valence-corrected chi connectivity index (χ3v) is 5.36. The minimum Gasteiger partial charge on any atom is -0.206 e. The van der Waals surface area contributed by atoms with Gasteiger partial charge >= 0.3 is 11.5 Å². The van der Waals surface area contributed by atoms with Gasteiger partial charge in [-0.1, -0.05) is 66.7 Å². The molecule has 1 nitrogen and oxygen atoms in total. The SMILES string of the molecule is c1ccc(-c2cc(-c3ccccc3)c3c([o+]2)-c2ccccc2CCC3)cc1. The van der Waals surface area contributed by atoms with Crippen molar-refractivity contribution in [1.29, 1.82) is 0 Å². The van der Waals surface area contributed by atoms with Crippen LogP contribution in [0.5, 0.6) is 0 Å².